The highest BCUT2D eigenvalue weighted by molar-refractivity contribution is 8.00. The fourth-order valence-corrected chi connectivity index (χ4v) is 4.05. The van der Waals surface area contributed by atoms with Gasteiger partial charge < -0.3 is 40.1 Å². The van der Waals surface area contributed by atoms with Crippen molar-refractivity contribution in [1.82, 2.24) is 0 Å². The third-order valence-corrected chi connectivity index (χ3v) is 5.56. The summed E-state index contributed by atoms with van der Waals surface area (Å²) in [5, 5.41) is 58.1. The van der Waals surface area contributed by atoms with Crippen molar-refractivity contribution in [3.63, 3.8) is 0 Å². The molecule has 2 aliphatic heterocycles. The summed E-state index contributed by atoms with van der Waals surface area (Å²) in [7, 11) is 1.65. The molecular formula is C12H23BO8S. The Bertz CT molecular complexity index is 362. The van der Waals surface area contributed by atoms with Gasteiger partial charge in [0.15, 0.2) is 0 Å². The van der Waals surface area contributed by atoms with Gasteiger partial charge in [0.25, 0.3) is 0 Å². The lowest BCUT2D eigenvalue weighted by atomic mass is 9.75. The average Bonchev–Trinajstić information content (AvgIpc) is 2.50. The smallest absolute Gasteiger partial charge is 0.132 e. The molecule has 0 aromatic carbocycles. The van der Waals surface area contributed by atoms with Gasteiger partial charge in [-0.2, -0.15) is 0 Å². The molecule has 0 radical (unpaired) electrons. The van der Waals surface area contributed by atoms with Gasteiger partial charge in [-0.1, -0.05) is 11.8 Å². The fraction of sp³-hybridized carbons (Fsp3) is 1.00. The molecule has 9 atom stereocenters. The minimum Gasteiger partial charge on any atom is -0.394 e. The summed E-state index contributed by atoms with van der Waals surface area (Å²) in [6.45, 7) is -0.769. The van der Waals surface area contributed by atoms with E-state index in [-0.39, 0.29) is 19.6 Å². The largest absolute Gasteiger partial charge is 0.394 e. The quantitative estimate of drug-likeness (QED) is 0.287. The van der Waals surface area contributed by atoms with Crippen LogP contribution in [0.1, 0.15) is 6.42 Å². The summed E-state index contributed by atoms with van der Waals surface area (Å²) in [6.07, 6.45) is -5.51. The van der Waals surface area contributed by atoms with Gasteiger partial charge >= 0.3 is 0 Å². The van der Waals surface area contributed by atoms with Crippen LogP contribution in [0.4, 0.5) is 0 Å². The molecule has 0 amide bonds. The standard InChI is InChI=1S/C12H23BO8S/c13-8-9(18)7(3-15)21-12(10(8)19)22-11-5(17)1-4(16)6(2-14)20-11/h4-12,14-19H,1-3,13H2. The highest BCUT2D eigenvalue weighted by atomic mass is 32.2. The van der Waals surface area contributed by atoms with E-state index in [2.05, 4.69) is 0 Å². The molecular weight excluding hydrogens is 315 g/mol. The molecule has 0 aliphatic carbocycles. The second-order valence-electron chi connectivity index (χ2n) is 5.80. The lowest BCUT2D eigenvalue weighted by Gasteiger charge is -2.43. The summed E-state index contributed by atoms with van der Waals surface area (Å²) in [5.41, 5.74) is -1.59. The minimum atomic E-state index is -1.00. The van der Waals surface area contributed by atoms with Gasteiger partial charge in [-0.3, -0.25) is 0 Å². The van der Waals surface area contributed by atoms with Crippen molar-refractivity contribution in [2.24, 2.45) is 0 Å². The van der Waals surface area contributed by atoms with Crippen LogP contribution >= 0.6 is 11.8 Å². The zero-order chi connectivity index (χ0) is 16.4. The molecule has 2 saturated heterocycles. The lowest BCUT2D eigenvalue weighted by Crippen LogP contribution is -2.54. The number of aliphatic hydroxyl groups excluding tert-OH is 6. The molecule has 6 N–H and O–H groups in total. The van der Waals surface area contributed by atoms with Crippen LogP contribution < -0.4 is 0 Å². The molecule has 2 fully saturated rings. The maximum Gasteiger partial charge on any atom is 0.132 e. The zero-order valence-electron chi connectivity index (χ0n) is 12.2. The first-order valence-corrected chi connectivity index (χ1v) is 8.23. The lowest BCUT2D eigenvalue weighted by molar-refractivity contribution is -0.160. The van der Waals surface area contributed by atoms with Gasteiger partial charge in [-0.25, -0.2) is 0 Å². The normalized spacial score (nSPS) is 50.0. The molecule has 0 bridgehead atoms. The van der Waals surface area contributed by atoms with Crippen LogP contribution in [0.5, 0.6) is 0 Å². The van der Waals surface area contributed by atoms with Crippen LogP contribution in [0.3, 0.4) is 0 Å². The second kappa shape index (κ2) is 7.78. The van der Waals surface area contributed by atoms with Crippen LogP contribution in [-0.4, -0.2) is 99.2 Å². The molecule has 10 heteroatoms. The monoisotopic (exact) mass is 338 g/mol. The zero-order valence-corrected chi connectivity index (χ0v) is 13.0. The molecule has 9 unspecified atom stereocenters. The molecule has 0 saturated carbocycles. The first-order chi connectivity index (χ1) is 10.4. The Labute approximate surface area is 133 Å². The Balaban J connectivity index is 2.02. The average molecular weight is 338 g/mol. The molecule has 0 aromatic rings. The Morgan fingerprint density at radius 1 is 0.864 bits per heavy atom. The first kappa shape index (κ1) is 18.4. The van der Waals surface area contributed by atoms with E-state index in [4.69, 9.17) is 14.6 Å². The Morgan fingerprint density at radius 2 is 1.45 bits per heavy atom. The van der Waals surface area contributed by atoms with Gasteiger partial charge in [0.1, 0.15) is 30.9 Å². The maximum atomic E-state index is 10.2. The molecule has 2 rings (SSSR count). The van der Waals surface area contributed by atoms with Crippen molar-refractivity contribution >= 4 is 19.6 Å². The maximum absolute atomic E-state index is 10.2. The van der Waals surface area contributed by atoms with Gasteiger partial charge in [0.2, 0.25) is 0 Å². The topological polar surface area (TPSA) is 140 Å². The Hall–Kier alpha value is 0.0949. The second-order valence-corrected chi connectivity index (χ2v) is 7.00. The van der Waals surface area contributed by atoms with Crippen molar-refractivity contribution < 1.29 is 40.1 Å². The molecule has 8 nitrogen and oxygen atoms in total. The van der Waals surface area contributed by atoms with Crippen molar-refractivity contribution in [2.75, 3.05) is 13.2 Å². The Kier molecular flexibility index (Phi) is 6.52. The van der Waals surface area contributed by atoms with Gasteiger partial charge in [-0.05, 0) is 5.82 Å². The number of hydrogen-bond acceptors (Lipinski definition) is 9. The van der Waals surface area contributed by atoms with Gasteiger partial charge in [0.05, 0.1) is 37.6 Å². The van der Waals surface area contributed by atoms with E-state index < -0.39 is 53.3 Å². The van der Waals surface area contributed by atoms with E-state index in [0.717, 1.165) is 11.8 Å². The summed E-state index contributed by atoms with van der Waals surface area (Å²) < 4.78 is 10.9. The van der Waals surface area contributed by atoms with Crippen molar-refractivity contribution in [2.45, 2.75) is 59.7 Å². The fourth-order valence-electron chi connectivity index (χ4n) is 2.67. The summed E-state index contributed by atoms with van der Waals surface area (Å²) in [5.74, 6) is -0.511. The third-order valence-electron chi connectivity index (χ3n) is 4.21. The van der Waals surface area contributed by atoms with E-state index in [1.54, 1.807) is 7.85 Å². The number of aliphatic hydroxyl groups is 6. The highest BCUT2D eigenvalue weighted by Crippen LogP contribution is 2.38. The van der Waals surface area contributed by atoms with E-state index in [1.807, 2.05) is 0 Å². The predicted octanol–water partition coefficient (Wildman–Crippen LogP) is -3.59. The predicted molar refractivity (Wildman–Crippen MR) is 80.0 cm³/mol. The van der Waals surface area contributed by atoms with Gasteiger partial charge in [-0.15, -0.1) is 0 Å². The van der Waals surface area contributed by atoms with Crippen LogP contribution in [0.15, 0.2) is 0 Å². The van der Waals surface area contributed by atoms with Crippen molar-refractivity contribution in [1.29, 1.82) is 0 Å². The minimum absolute atomic E-state index is 0.0489. The van der Waals surface area contributed by atoms with Crippen LogP contribution in [-0.2, 0) is 9.47 Å². The van der Waals surface area contributed by atoms with Crippen molar-refractivity contribution in [3.8, 4) is 0 Å². The van der Waals surface area contributed by atoms with E-state index in [0.29, 0.717) is 0 Å². The Morgan fingerprint density at radius 3 is 2.05 bits per heavy atom. The van der Waals surface area contributed by atoms with E-state index in [1.165, 1.54) is 0 Å². The van der Waals surface area contributed by atoms with Crippen LogP contribution in [0.2, 0.25) is 5.82 Å². The van der Waals surface area contributed by atoms with Crippen LogP contribution in [0.25, 0.3) is 0 Å². The summed E-state index contributed by atoms with van der Waals surface area (Å²) >= 11 is 1.01. The van der Waals surface area contributed by atoms with E-state index >= 15 is 0 Å². The number of rotatable bonds is 4. The first-order valence-electron chi connectivity index (χ1n) is 7.29. The SMILES string of the molecule is BC1C(O)C(CO)OC(SC2OC(CO)C(O)CC2O)C1O. The molecule has 0 aromatic heterocycles. The molecule has 128 valence electrons. The molecule has 0 spiro atoms. The third kappa shape index (κ3) is 3.77. The molecule has 2 heterocycles. The number of thioether (sulfide) groups is 1. The van der Waals surface area contributed by atoms with Gasteiger partial charge in [0, 0.05) is 6.42 Å². The molecule has 2 aliphatic rings. The number of hydrogen-bond donors (Lipinski definition) is 6. The van der Waals surface area contributed by atoms with E-state index in [9.17, 15) is 25.5 Å². The molecule has 22 heavy (non-hydrogen) atoms. The number of ether oxygens (including phenoxy) is 2. The van der Waals surface area contributed by atoms with Crippen LogP contribution in [0, 0.1) is 0 Å². The summed E-state index contributed by atoms with van der Waals surface area (Å²) in [4.78, 5) is 0. The highest BCUT2D eigenvalue weighted by Gasteiger charge is 2.45. The van der Waals surface area contributed by atoms with Crippen molar-refractivity contribution in [3.05, 3.63) is 0 Å². The summed E-state index contributed by atoms with van der Waals surface area (Å²) in [6, 6.07) is 0.